The second kappa shape index (κ2) is 7.83. The molecule has 0 aliphatic rings. The van der Waals surface area contributed by atoms with Crippen LogP contribution in [0.4, 0.5) is 0 Å². The van der Waals surface area contributed by atoms with E-state index in [-0.39, 0.29) is 12.4 Å². The molecule has 0 saturated carbocycles. The Morgan fingerprint density at radius 1 is 0.875 bits per heavy atom. The van der Waals surface area contributed by atoms with Crippen LogP contribution in [-0.4, -0.2) is 14.3 Å². The molecule has 0 bridgehead atoms. The molecule has 0 amide bonds. The summed E-state index contributed by atoms with van der Waals surface area (Å²) in [7, 11) is 0. The van der Waals surface area contributed by atoms with Crippen LogP contribution in [0.15, 0.2) is 0 Å². The van der Waals surface area contributed by atoms with Gasteiger partial charge in [-0.3, -0.25) is 0 Å². The molecule has 0 aromatic rings. The average Bonchev–Trinajstić information content (AvgIpc) is 1.72. The minimum atomic E-state index is -0.576. The van der Waals surface area contributed by atoms with E-state index in [2.05, 4.69) is 20.8 Å². The fourth-order valence-corrected chi connectivity index (χ4v) is 4.50. The molecule has 0 fully saturated rings. The van der Waals surface area contributed by atoms with E-state index in [1.807, 2.05) is 0 Å². The van der Waals surface area contributed by atoms with Crippen LogP contribution in [0, 0.1) is 0 Å². The third-order valence-corrected chi connectivity index (χ3v) is 9.00. The molecule has 0 rings (SSSR count). The zero-order valence-corrected chi connectivity index (χ0v) is 9.35. The van der Waals surface area contributed by atoms with Gasteiger partial charge in [0.25, 0.3) is 0 Å². The summed E-state index contributed by atoms with van der Waals surface area (Å²) in [4.78, 5) is 0. The van der Waals surface area contributed by atoms with Gasteiger partial charge < -0.3 is 0 Å². The fraction of sp³-hybridized carbons (Fsp3) is 1.00. The van der Waals surface area contributed by atoms with Crippen molar-refractivity contribution in [3.05, 3.63) is 0 Å². The Balaban J connectivity index is 0. The van der Waals surface area contributed by atoms with E-state index in [9.17, 15) is 0 Å². The summed E-state index contributed by atoms with van der Waals surface area (Å²) < 4.78 is 0. The molecule has 0 aliphatic heterocycles. The van der Waals surface area contributed by atoms with E-state index in [4.69, 9.17) is 0 Å². The normalized spacial score (nSPS) is 9.00. The third kappa shape index (κ3) is 4.98. The maximum atomic E-state index is 2.34. The van der Waals surface area contributed by atoms with E-state index in [0.717, 1.165) is 0 Å². The Labute approximate surface area is 63.6 Å². The molecule has 52 valence electrons. The van der Waals surface area contributed by atoms with E-state index < -0.39 is 14.3 Å². The molecule has 0 aromatic heterocycles. The van der Waals surface area contributed by atoms with Gasteiger partial charge in [-0.2, -0.15) is 0 Å². The van der Waals surface area contributed by atoms with Gasteiger partial charge in [0, 0.05) is 0 Å². The molecule has 0 atom stereocenters. The fourth-order valence-electron chi connectivity index (χ4n) is 0.866. The van der Waals surface area contributed by atoms with Crippen molar-refractivity contribution in [2.24, 2.45) is 0 Å². The predicted octanol–water partition coefficient (Wildman–Crippen LogP) is 2.70. The molecule has 0 aliphatic carbocycles. The predicted molar refractivity (Wildman–Crippen MR) is 45.8 cm³/mol. The van der Waals surface area contributed by atoms with Crippen LogP contribution in [0.25, 0.3) is 0 Å². The molecular formula is C6H17ClGe. The van der Waals surface area contributed by atoms with Crippen LogP contribution >= 0.6 is 12.4 Å². The van der Waals surface area contributed by atoms with E-state index >= 15 is 0 Å². The summed E-state index contributed by atoms with van der Waals surface area (Å²) in [6.45, 7) is 7.03. The summed E-state index contributed by atoms with van der Waals surface area (Å²) in [5.41, 5.74) is 0. The van der Waals surface area contributed by atoms with Crippen molar-refractivity contribution in [2.75, 3.05) is 0 Å². The van der Waals surface area contributed by atoms with Crippen LogP contribution in [0.1, 0.15) is 20.8 Å². The Bertz CT molecular complexity index is 30.0. The standard InChI is InChI=1S/C6H16Ge.ClH/c1-4-7(5-2)6-3;/h7H,4-6H2,1-3H3;1H. The first-order valence-electron chi connectivity index (χ1n) is 3.35. The molecule has 0 spiro atoms. The van der Waals surface area contributed by atoms with Crippen molar-refractivity contribution >= 4 is 26.8 Å². The van der Waals surface area contributed by atoms with Crippen molar-refractivity contribution in [3.8, 4) is 0 Å². The largest absolute Gasteiger partial charge is 0.147 e. The summed E-state index contributed by atoms with van der Waals surface area (Å²) in [5.74, 6) is 0. The first-order valence-corrected chi connectivity index (χ1v) is 8.49. The van der Waals surface area contributed by atoms with Gasteiger partial charge in [0.05, 0.1) is 0 Å². The van der Waals surface area contributed by atoms with Crippen molar-refractivity contribution in [2.45, 2.75) is 36.5 Å². The molecule has 0 radical (unpaired) electrons. The van der Waals surface area contributed by atoms with Gasteiger partial charge >= 0.3 is 50.9 Å². The summed E-state index contributed by atoms with van der Waals surface area (Å²) in [6, 6.07) is 0. The molecule has 8 heavy (non-hydrogen) atoms. The van der Waals surface area contributed by atoms with Crippen molar-refractivity contribution in [1.29, 1.82) is 0 Å². The average molecular weight is 197 g/mol. The number of rotatable bonds is 3. The molecule has 0 unspecified atom stereocenters. The monoisotopic (exact) mass is 198 g/mol. The summed E-state index contributed by atoms with van der Waals surface area (Å²) >= 11 is -0.576. The molecule has 0 nitrogen and oxygen atoms in total. The zero-order valence-electron chi connectivity index (χ0n) is 6.11. The first kappa shape index (κ1) is 11.6. The van der Waals surface area contributed by atoms with Gasteiger partial charge in [-0.25, -0.2) is 0 Å². The minimum absolute atomic E-state index is 0. The SMILES string of the molecule is C[CH2][GeH]([CH2]C)[CH2]C.Cl. The van der Waals surface area contributed by atoms with Gasteiger partial charge in [-0.15, -0.1) is 12.4 Å². The van der Waals surface area contributed by atoms with E-state index in [1.165, 1.54) is 0 Å². The number of hydrogen-bond acceptors (Lipinski definition) is 0. The van der Waals surface area contributed by atoms with Gasteiger partial charge in [-0.05, 0) is 0 Å². The maximum absolute atomic E-state index is 2.34. The van der Waals surface area contributed by atoms with Crippen LogP contribution in [-0.2, 0) is 0 Å². The van der Waals surface area contributed by atoms with E-state index in [0.29, 0.717) is 0 Å². The molecular weight excluding hydrogens is 180 g/mol. The summed E-state index contributed by atoms with van der Waals surface area (Å²) in [6.07, 6.45) is 0. The maximum Gasteiger partial charge on any atom is -0.147 e. The van der Waals surface area contributed by atoms with Gasteiger partial charge in [-0.1, -0.05) is 0 Å². The smallest absolute Gasteiger partial charge is 0.147 e. The Morgan fingerprint density at radius 3 is 1.12 bits per heavy atom. The Morgan fingerprint density at radius 2 is 1.12 bits per heavy atom. The van der Waals surface area contributed by atoms with Crippen molar-refractivity contribution in [3.63, 3.8) is 0 Å². The molecule has 0 saturated heterocycles. The third-order valence-electron chi connectivity index (χ3n) is 1.73. The van der Waals surface area contributed by atoms with Crippen LogP contribution in [0.3, 0.4) is 0 Å². The molecule has 0 heterocycles. The second-order valence-corrected chi connectivity index (χ2v) is 10.9. The number of hydrogen-bond donors (Lipinski definition) is 0. The van der Waals surface area contributed by atoms with Gasteiger partial charge in [0.15, 0.2) is 0 Å². The van der Waals surface area contributed by atoms with Gasteiger partial charge in [0.2, 0.25) is 0 Å². The Kier molecular flexibility index (Phi) is 11.4. The minimum Gasteiger partial charge on any atom is -0.147 e. The molecule has 0 N–H and O–H groups in total. The molecule has 2 heteroatoms. The van der Waals surface area contributed by atoms with Crippen molar-refractivity contribution < 1.29 is 0 Å². The van der Waals surface area contributed by atoms with Crippen LogP contribution in [0.2, 0.25) is 15.8 Å². The molecule has 0 aromatic carbocycles. The quantitative estimate of drug-likeness (QED) is 0.610. The zero-order chi connectivity index (χ0) is 5.70. The first-order chi connectivity index (χ1) is 3.35. The Hall–Kier alpha value is 0.833. The van der Waals surface area contributed by atoms with Crippen LogP contribution < -0.4 is 0 Å². The van der Waals surface area contributed by atoms with E-state index in [1.54, 1.807) is 15.8 Å². The van der Waals surface area contributed by atoms with Crippen LogP contribution in [0.5, 0.6) is 0 Å². The topological polar surface area (TPSA) is 0 Å². The van der Waals surface area contributed by atoms with Gasteiger partial charge in [0.1, 0.15) is 0 Å². The second-order valence-electron chi connectivity index (χ2n) is 2.09. The van der Waals surface area contributed by atoms with Crippen molar-refractivity contribution in [1.82, 2.24) is 0 Å². The summed E-state index contributed by atoms with van der Waals surface area (Å²) in [5, 5.41) is 4.62. The number of halogens is 1.